The molecule has 1 rings (SSSR count). The minimum absolute atomic E-state index is 0.141. The van der Waals surface area contributed by atoms with Gasteiger partial charge in [0.1, 0.15) is 6.54 Å². The van der Waals surface area contributed by atoms with E-state index in [0.717, 1.165) is 5.56 Å². The van der Waals surface area contributed by atoms with Crippen molar-refractivity contribution in [1.29, 1.82) is 0 Å². The van der Waals surface area contributed by atoms with E-state index in [1.807, 2.05) is 31.1 Å². The summed E-state index contributed by atoms with van der Waals surface area (Å²) < 4.78 is 0. The lowest BCUT2D eigenvalue weighted by atomic mass is 10.1. The average Bonchev–Trinajstić information content (AvgIpc) is 2.41. The predicted octanol–water partition coefficient (Wildman–Crippen LogP) is 0.489. The Bertz CT molecular complexity index is 435. The average molecular weight is 279 g/mol. The summed E-state index contributed by atoms with van der Waals surface area (Å²) in [7, 11) is 3.78. The molecule has 0 fully saturated rings. The Balaban J connectivity index is 2.51. The third kappa shape index (κ3) is 6.29. The van der Waals surface area contributed by atoms with Gasteiger partial charge in [0, 0.05) is 31.9 Å². The van der Waals surface area contributed by atoms with Crippen LogP contribution in [0, 0.1) is 0 Å². The third-order valence-electron chi connectivity index (χ3n) is 2.85. The van der Waals surface area contributed by atoms with E-state index in [4.69, 9.17) is 5.11 Å². The monoisotopic (exact) mass is 279 g/mol. The molecule has 0 aliphatic rings. The van der Waals surface area contributed by atoms with Gasteiger partial charge in [-0.05, 0) is 32.1 Å². The molecule has 0 aromatic carbocycles. The number of hydrogen-bond donors (Lipinski definition) is 1. The summed E-state index contributed by atoms with van der Waals surface area (Å²) in [6.07, 6.45) is 4.27. The molecule has 0 bridgehead atoms. The van der Waals surface area contributed by atoms with E-state index in [9.17, 15) is 9.59 Å². The molecule has 1 heterocycles. The highest BCUT2D eigenvalue weighted by Gasteiger charge is 2.16. The fourth-order valence-corrected chi connectivity index (χ4v) is 1.73. The van der Waals surface area contributed by atoms with E-state index >= 15 is 0 Å². The second-order valence-electron chi connectivity index (χ2n) is 4.87. The van der Waals surface area contributed by atoms with Gasteiger partial charge in [0.05, 0.1) is 0 Å². The first kappa shape index (κ1) is 16.1. The van der Waals surface area contributed by atoms with Crippen LogP contribution in [-0.2, 0) is 16.0 Å². The molecule has 0 atom stereocenters. The Hall–Kier alpha value is -1.95. The Kier molecular flexibility index (Phi) is 6.66. The number of aryl methyl sites for hydroxylation is 1. The van der Waals surface area contributed by atoms with Crippen LogP contribution >= 0.6 is 0 Å². The number of nitrogens with zero attached hydrogens (tertiary/aromatic N) is 3. The second kappa shape index (κ2) is 8.27. The van der Waals surface area contributed by atoms with E-state index in [1.165, 1.54) is 4.90 Å². The third-order valence-corrected chi connectivity index (χ3v) is 2.85. The highest BCUT2D eigenvalue weighted by atomic mass is 16.4. The Labute approximate surface area is 119 Å². The molecule has 6 heteroatoms. The van der Waals surface area contributed by atoms with Gasteiger partial charge in [-0.1, -0.05) is 6.07 Å². The number of pyridine rings is 1. The molecular weight excluding hydrogens is 258 g/mol. The summed E-state index contributed by atoms with van der Waals surface area (Å²) in [5, 5.41) is 8.87. The van der Waals surface area contributed by atoms with Crippen molar-refractivity contribution in [3.8, 4) is 0 Å². The molecule has 0 aliphatic heterocycles. The molecule has 0 saturated heterocycles. The van der Waals surface area contributed by atoms with Gasteiger partial charge >= 0.3 is 5.97 Å². The van der Waals surface area contributed by atoms with Crippen LogP contribution in [0.3, 0.4) is 0 Å². The SMILES string of the molecule is CN(C)CCN(CC(=O)O)C(=O)CCc1cccnc1. The van der Waals surface area contributed by atoms with E-state index in [1.54, 1.807) is 12.4 Å². The van der Waals surface area contributed by atoms with E-state index in [2.05, 4.69) is 4.98 Å². The smallest absolute Gasteiger partial charge is 0.323 e. The summed E-state index contributed by atoms with van der Waals surface area (Å²) in [6.45, 7) is 0.816. The topological polar surface area (TPSA) is 73.7 Å². The molecule has 1 amide bonds. The van der Waals surface area contributed by atoms with Gasteiger partial charge in [0.15, 0.2) is 0 Å². The molecule has 0 aliphatic carbocycles. The van der Waals surface area contributed by atoms with E-state index in [0.29, 0.717) is 25.9 Å². The van der Waals surface area contributed by atoms with Crippen LogP contribution in [0.2, 0.25) is 0 Å². The molecule has 0 spiro atoms. The van der Waals surface area contributed by atoms with Crippen LogP contribution in [0.5, 0.6) is 0 Å². The van der Waals surface area contributed by atoms with Crippen LogP contribution in [0.25, 0.3) is 0 Å². The molecule has 6 nitrogen and oxygen atoms in total. The lowest BCUT2D eigenvalue weighted by molar-refractivity contribution is -0.144. The lowest BCUT2D eigenvalue weighted by Crippen LogP contribution is -2.40. The number of aromatic nitrogens is 1. The van der Waals surface area contributed by atoms with Crippen molar-refractivity contribution in [3.63, 3.8) is 0 Å². The minimum atomic E-state index is -0.988. The number of carboxylic acid groups (broad SMARTS) is 1. The Morgan fingerprint density at radius 3 is 2.60 bits per heavy atom. The number of aliphatic carboxylic acids is 1. The first-order valence-corrected chi connectivity index (χ1v) is 6.52. The fraction of sp³-hybridized carbons (Fsp3) is 0.500. The van der Waals surface area contributed by atoms with Gasteiger partial charge in [-0.3, -0.25) is 14.6 Å². The quantitative estimate of drug-likeness (QED) is 0.749. The molecule has 1 aromatic heterocycles. The van der Waals surface area contributed by atoms with Crippen LogP contribution in [0.15, 0.2) is 24.5 Å². The fourth-order valence-electron chi connectivity index (χ4n) is 1.73. The maximum atomic E-state index is 12.1. The Morgan fingerprint density at radius 1 is 1.30 bits per heavy atom. The normalized spacial score (nSPS) is 10.6. The highest BCUT2D eigenvalue weighted by Crippen LogP contribution is 2.03. The number of carbonyl (C=O) groups excluding carboxylic acids is 1. The number of hydrogen-bond acceptors (Lipinski definition) is 4. The molecule has 0 unspecified atom stereocenters. The molecule has 1 N–H and O–H groups in total. The first-order valence-electron chi connectivity index (χ1n) is 6.52. The molecule has 0 saturated carbocycles. The van der Waals surface area contributed by atoms with Crippen LogP contribution in [0.1, 0.15) is 12.0 Å². The van der Waals surface area contributed by atoms with Gasteiger partial charge in [-0.15, -0.1) is 0 Å². The van der Waals surface area contributed by atoms with Crippen molar-refractivity contribution < 1.29 is 14.7 Å². The maximum Gasteiger partial charge on any atom is 0.323 e. The van der Waals surface area contributed by atoms with Crippen LogP contribution in [-0.4, -0.2) is 65.5 Å². The van der Waals surface area contributed by atoms with Crippen molar-refractivity contribution in [2.24, 2.45) is 0 Å². The zero-order valence-electron chi connectivity index (χ0n) is 12.0. The van der Waals surface area contributed by atoms with Gasteiger partial charge in [0.2, 0.25) is 5.91 Å². The lowest BCUT2D eigenvalue weighted by Gasteiger charge is -2.22. The van der Waals surface area contributed by atoms with Crippen molar-refractivity contribution in [2.45, 2.75) is 12.8 Å². The molecule has 1 aromatic rings. The summed E-state index contributed by atoms with van der Waals surface area (Å²) in [6, 6.07) is 3.72. The number of carbonyl (C=O) groups is 2. The van der Waals surface area contributed by atoms with Crippen LogP contribution in [0.4, 0.5) is 0 Å². The van der Waals surface area contributed by atoms with Gasteiger partial charge in [-0.2, -0.15) is 0 Å². The highest BCUT2D eigenvalue weighted by molar-refractivity contribution is 5.81. The first-order chi connectivity index (χ1) is 9.49. The zero-order chi connectivity index (χ0) is 15.0. The van der Waals surface area contributed by atoms with E-state index in [-0.39, 0.29) is 12.5 Å². The second-order valence-corrected chi connectivity index (χ2v) is 4.87. The van der Waals surface area contributed by atoms with E-state index < -0.39 is 5.97 Å². The molecule has 20 heavy (non-hydrogen) atoms. The van der Waals surface area contributed by atoms with Crippen molar-refractivity contribution in [3.05, 3.63) is 30.1 Å². The number of amides is 1. The van der Waals surface area contributed by atoms with Gasteiger partial charge in [-0.25, -0.2) is 0 Å². The van der Waals surface area contributed by atoms with Crippen LogP contribution < -0.4 is 0 Å². The molecule has 0 radical (unpaired) electrons. The minimum Gasteiger partial charge on any atom is -0.480 e. The summed E-state index contributed by atoms with van der Waals surface area (Å²) in [5.74, 6) is -1.13. The van der Waals surface area contributed by atoms with Gasteiger partial charge < -0.3 is 14.9 Å². The maximum absolute atomic E-state index is 12.1. The Morgan fingerprint density at radius 2 is 2.05 bits per heavy atom. The van der Waals surface area contributed by atoms with Gasteiger partial charge in [0.25, 0.3) is 0 Å². The summed E-state index contributed by atoms with van der Waals surface area (Å²) in [5.41, 5.74) is 0.976. The predicted molar refractivity (Wildman–Crippen MR) is 75.3 cm³/mol. The number of rotatable bonds is 8. The largest absolute Gasteiger partial charge is 0.480 e. The summed E-state index contributed by atoms with van der Waals surface area (Å²) in [4.78, 5) is 30.2. The van der Waals surface area contributed by atoms with Crippen molar-refractivity contribution in [1.82, 2.24) is 14.8 Å². The number of carboxylic acids is 1. The standard InChI is InChI=1S/C14H21N3O3/c1-16(2)8-9-17(11-14(19)20)13(18)6-5-12-4-3-7-15-10-12/h3-4,7,10H,5-6,8-9,11H2,1-2H3,(H,19,20). The zero-order valence-corrected chi connectivity index (χ0v) is 12.0. The van der Waals surface area contributed by atoms with Crippen molar-refractivity contribution >= 4 is 11.9 Å². The molecular formula is C14H21N3O3. The van der Waals surface area contributed by atoms with Crippen molar-refractivity contribution in [2.75, 3.05) is 33.7 Å². The summed E-state index contributed by atoms with van der Waals surface area (Å²) >= 11 is 0. The molecule has 110 valence electrons. The number of likely N-dealkylation sites (N-methyl/N-ethyl adjacent to an activating group) is 1.